The van der Waals surface area contributed by atoms with Gasteiger partial charge >= 0.3 is 5.97 Å². The minimum absolute atomic E-state index is 0.213. The van der Waals surface area contributed by atoms with Crippen LogP contribution < -0.4 is 15.4 Å². The van der Waals surface area contributed by atoms with Gasteiger partial charge < -0.3 is 24.7 Å². The van der Waals surface area contributed by atoms with Crippen molar-refractivity contribution >= 4 is 29.2 Å². The number of benzene rings is 2. The molecule has 1 heterocycles. The number of methoxy groups -OCH3 is 1. The number of anilines is 2. The number of nitrogens with one attached hydrogen (secondary N) is 2. The Kier molecular flexibility index (Phi) is 7.73. The highest BCUT2D eigenvalue weighted by molar-refractivity contribution is 6.05. The lowest BCUT2D eigenvalue weighted by Gasteiger charge is -2.13. The van der Waals surface area contributed by atoms with Crippen molar-refractivity contribution in [3.05, 3.63) is 77.1 Å². The number of nitrogens with zero attached hydrogens (tertiary/aromatic N) is 1. The maximum atomic E-state index is 12.5. The van der Waals surface area contributed by atoms with E-state index < -0.39 is 18.5 Å². The van der Waals surface area contributed by atoms with Gasteiger partial charge in [-0.25, -0.2) is 4.79 Å². The summed E-state index contributed by atoms with van der Waals surface area (Å²) in [7, 11) is 1.53. The molecule has 0 spiro atoms. The number of carbonyl (C=O) groups excluding carboxylic acids is 3. The molecule has 0 aliphatic carbocycles. The van der Waals surface area contributed by atoms with E-state index in [0.717, 1.165) is 11.4 Å². The highest BCUT2D eigenvalue weighted by atomic mass is 16.5. The molecule has 0 radical (unpaired) electrons. The summed E-state index contributed by atoms with van der Waals surface area (Å²) in [5, 5.41) is 5.45. The quantitative estimate of drug-likeness (QED) is 0.470. The SMILES string of the molecule is COc1ccccc1NC(=O)c1ccc(NC(=O)COC(=O)c2cc(C)n(C(C)C)c2C)cc1. The first-order chi connectivity index (χ1) is 16.2. The van der Waals surface area contributed by atoms with Crippen LogP contribution in [0.5, 0.6) is 5.75 Å². The molecule has 0 bridgehead atoms. The molecule has 2 amide bonds. The van der Waals surface area contributed by atoms with Gasteiger partial charge in [0.25, 0.3) is 11.8 Å². The van der Waals surface area contributed by atoms with E-state index in [1.54, 1.807) is 48.5 Å². The van der Waals surface area contributed by atoms with Gasteiger partial charge in [0.05, 0.1) is 18.4 Å². The lowest BCUT2D eigenvalue weighted by atomic mass is 10.2. The first kappa shape index (κ1) is 24.6. The topological polar surface area (TPSA) is 98.7 Å². The molecule has 178 valence electrons. The van der Waals surface area contributed by atoms with Crippen LogP contribution in [0.15, 0.2) is 54.6 Å². The Morgan fingerprint density at radius 3 is 2.26 bits per heavy atom. The lowest BCUT2D eigenvalue weighted by molar-refractivity contribution is -0.119. The first-order valence-electron chi connectivity index (χ1n) is 10.9. The summed E-state index contributed by atoms with van der Waals surface area (Å²) in [4.78, 5) is 37.2. The molecule has 3 rings (SSSR count). The average molecular weight is 464 g/mol. The van der Waals surface area contributed by atoms with Gasteiger partial charge in [0.2, 0.25) is 0 Å². The predicted molar refractivity (Wildman–Crippen MR) is 131 cm³/mol. The second kappa shape index (κ2) is 10.7. The molecule has 0 saturated carbocycles. The molecule has 34 heavy (non-hydrogen) atoms. The van der Waals surface area contributed by atoms with Crippen molar-refractivity contribution in [2.24, 2.45) is 0 Å². The van der Waals surface area contributed by atoms with Crippen LogP contribution in [0.2, 0.25) is 0 Å². The Hall–Kier alpha value is -4.07. The van der Waals surface area contributed by atoms with E-state index in [0.29, 0.717) is 28.3 Å². The fourth-order valence-electron chi connectivity index (χ4n) is 3.83. The Morgan fingerprint density at radius 2 is 1.65 bits per heavy atom. The van der Waals surface area contributed by atoms with E-state index in [9.17, 15) is 14.4 Å². The number of rotatable bonds is 8. The third kappa shape index (κ3) is 5.64. The summed E-state index contributed by atoms with van der Waals surface area (Å²) in [5.41, 5.74) is 3.66. The van der Waals surface area contributed by atoms with Crippen LogP contribution in [0.4, 0.5) is 11.4 Å². The fourth-order valence-corrected chi connectivity index (χ4v) is 3.83. The number of amides is 2. The van der Waals surface area contributed by atoms with Gasteiger partial charge in [-0.1, -0.05) is 12.1 Å². The van der Waals surface area contributed by atoms with Gasteiger partial charge in [0.15, 0.2) is 6.61 Å². The summed E-state index contributed by atoms with van der Waals surface area (Å²) in [6.45, 7) is 7.44. The van der Waals surface area contributed by atoms with Gasteiger partial charge in [-0.15, -0.1) is 0 Å². The molecule has 8 heteroatoms. The molecular formula is C26H29N3O5. The summed E-state index contributed by atoms with van der Waals surface area (Å²) < 4.78 is 12.5. The van der Waals surface area contributed by atoms with Crippen molar-refractivity contribution < 1.29 is 23.9 Å². The van der Waals surface area contributed by atoms with E-state index in [2.05, 4.69) is 10.6 Å². The highest BCUT2D eigenvalue weighted by Gasteiger charge is 2.19. The van der Waals surface area contributed by atoms with Crippen molar-refractivity contribution in [1.82, 2.24) is 4.57 Å². The van der Waals surface area contributed by atoms with Gasteiger partial charge in [-0.2, -0.15) is 0 Å². The minimum atomic E-state index is -0.543. The Morgan fingerprint density at radius 1 is 0.971 bits per heavy atom. The summed E-state index contributed by atoms with van der Waals surface area (Å²) >= 11 is 0. The third-order valence-corrected chi connectivity index (χ3v) is 5.34. The molecule has 0 fully saturated rings. The number of hydrogen-bond acceptors (Lipinski definition) is 5. The van der Waals surface area contributed by atoms with Crippen LogP contribution in [0, 0.1) is 13.8 Å². The van der Waals surface area contributed by atoms with E-state index in [4.69, 9.17) is 9.47 Å². The van der Waals surface area contributed by atoms with Crippen molar-refractivity contribution in [3.63, 3.8) is 0 Å². The number of ether oxygens (including phenoxy) is 2. The molecule has 0 atom stereocenters. The molecule has 3 aromatic rings. The zero-order chi connectivity index (χ0) is 24.8. The van der Waals surface area contributed by atoms with Crippen LogP contribution in [0.1, 0.15) is 52.0 Å². The van der Waals surface area contributed by atoms with Gasteiger partial charge in [-0.3, -0.25) is 9.59 Å². The number of aryl methyl sites for hydroxylation is 1. The van der Waals surface area contributed by atoms with Crippen molar-refractivity contribution in [1.29, 1.82) is 0 Å². The first-order valence-corrected chi connectivity index (χ1v) is 10.9. The van der Waals surface area contributed by atoms with E-state index in [-0.39, 0.29) is 11.9 Å². The molecule has 0 aliphatic heterocycles. The summed E-state index contributed by atoms with van der Waals surface area (Å²) in [6, 6.07) is 15.5. The number of esters is 1. The number of para-hydroxylation sites is 2. The van der Waals surface area contributed by atoms with E-state index >= 15 is 0 Å². The van der Waals surface area contributed by atoms with Crippen molar-refractivity contribution in [2.45, 2.75) is 33.7 Å². The smallest absolute Gasteiger partial charge is 0.340 e. The van der Waals surface area contributed by atoms with E-state index in [1.165, 1.54) is 7.11 Å². The largest absolute Gasteiger partial charge is 0.495 e. The number of carbonyl (C=O) groups is 3. The summed E-state index contributed by atoms with van der Waals surface area (Å²) in [5.74, 6) is -0.772. The molecule has 0 aliphatic rings. The molecule has 0 saturated heterocycles. The normalized spacial score (nSPS) is 10.6. The zero-order valence-electron chi connectivity index (χ0n) is 20.0. The van der Waals surface area contributed by atoms with Crippen LogP contribution in [0.3, 0.4) is 0 Å². The lowest BCUT2D eigenvalue weighted by Crippen LogP contribution is -2.21. The maximum Gasteiger partial charge on any atom is 0.340 e. The number of hydrogen-bond donors (Lipinski definition) is 2. The predicted octanol–water partition coefficient (Wildman–Crippen LogP) is 4.74. The Labute approximate surface area is 198 Å². The van der Waals surface area contributed by atoms with Crippen LogP contribution in [-0.2, 0) is 9.53 Å². The fraction of sp³-hybridized carbons (Fsp3) is 0.269. The van der Waals surface area contributed by atoms with Gasteiger partial charge in [0, 0.05) is 28.7 Å². The molecule has 2 aromatic carbocycles. The van der Waals surface area contributed by atoms with Crippen LogP contribution in [-0.4, -0.2) is 36.1 Å². The molecule has 0 unspecified atom stereocenters. The second-order valence-electron chi connectivity index (χ2n) is 8.10. The van der Waals surface area contributed by atoms with Crippen LogP contribution >= 0.6 is 0 Å². The molecule has 2 N–H and O–H groups in total. The number of aromatic nitrogens is 1. The van der Waals surface area contributed by atoms with Gasteiger partial charge in [0.1, 0.15) is 5.75 Å². The summed E-state index contributed by atoms with van der Waals surface area (Å²) in [6.07, 6.45) is 0. The minimum Gasteiger partial charge on any atom is -0.495 e. The van der Waals surface area contributed by atoms with Crippen LogP contribution in [0.25, 0.3) is 0 Å². The van der Waals surface area contributed by atoms with Crippen molar-refractivity contribution in [3.8, 4) is 5.75 Å². The Balaban J connectivity index is 1.55. The molecular weight excluding hydrogens is 434 g/mol. The third-order valence-electron chi connectivity index (χ3n) is 5.34. The second-order valence-corrected chi connectivity index (χ2v) is 8.10. The van der Waals surface area contributed by atoms with Gasteiger partial charge in [-0.05, 0) is 70.2 Å². The van der Waals surface area contributed by atoms with Crippen molar-refractivity contribution in [2.75, 3.05) is 24.4 Å². The monoisotopic (exact) mass is 463 g/mol. The Bertz CT molecular complexity index is 1200. The highest BCUT2D eigenvalue weighted by Crippen LogP contribution is 2.24. The molecule has 8 nitrogen and oxygen atoms in total. The van der Waals surface area contributed by atoms with E-state index in [1.807, 2.05) is 38.3 Å². The zero-order valence-corrected chi connectivity index (χ0v) is 20.0. The maximum absolute atomic E-state index is 12.5. The molecule has 1 aromatic heterocycles. The average Bonchev–Trinajstić information content (AvgIpc) is 3.12. The standard InChI is InChI=1S/C26H29N3O5/c1-16(2)29-17(3)14-21(18(29)4)26(32)34-15-24(30)27-20-12-10-19(11-13-20)25(31)28-22-8-6-7-9-23(22)33-5/h6-14,16H,15H2,1-5H3,(H,27,30)(H,28,31).